The zero-order valence-electron chi connectivity index (χ0n) is 4.35. The summed E-state index contributed by atoms with van der Waals surface area (Å²) in [5.41, 5.74) is 8.18. The smallest absolute Gasteiger partial charge is 0.0567 e. The van der Waals surface area contributed by atoms with Gasteiger partial charge >= 0.3 is 0 Å². The summed E-state index contributed by atoms with van der Waals surface area (Å²) in [6.45, 7) is 2.90. The Morgan fingerprint density at radius 2 is 2.29 bits per heavy atom. The standard InChI is InChI=1S/C4H11N3/c5-4-6-7-2-1-3-7/h6H,1-5H2. The van der Waals surface area contributed by atoms with Gasteiger partial charge in [0.2, 0.25) is 0 Å². The van der Waals surface area contributed by atoms with Crippen molar-refractivity contribution in [1.82, 2.24) is 10.4 Å². The third-order valence-electron chi connectivity index (χ3n) is 1.17. The Morgan fingerprint density at radius 1 is 1.57 bits per heavy atom. The Hall–Kier alpha value is -0.120. The van der Waals surface area contributed by atoms with Crippen LogP contribution >= 0.6 is 0 Å². The van der Waals surface area contributed by atoms with Gasteiger partial charge in [0.15, 0.2) is 0 Å². The molecule has 0 saturated carbocycles. The first-order valence-corrected chi connectivity index (χ1v) is 2.62. The number of nitrogens with zero attached hydrogens (tertiary/aromatic N) is 1. The molecule has 1 saturated heterocycles. The van der Waals surface area contributed by atoms with Crippen LogP contribution in [0.25, 0.3) is 0 Å². The summed E-state index contributed by atoms with van der Waals surface area (Å²) < 4.78 is 0. The van der Waals surface area contributed by atoms with Crippen LogP contribution in [0.15, 0.2) is 0 Å². The third-order valence-corrected chi connectivity index (χ3v) is 1.17. The van der Waals surface area contributed by atoms with Crippen LogP contribution < -0.4 is 11.2 Å². The van der Waals surface area contributed by atoms with Crippen LogP contribution in [0.3, 0.4) is 0 Å². The molecule has 1 fully saturated rings. The van der Waals surface area contributed by atoms with E-state index in [2.05, 4.69) is 10.4 Å². The minimum atomic E-state index is 0.569. The summed E-state index contributed by atoms with van der Waals surface area (Å²) in [4.78, 5) is 0. The summed E-state index contributed by atoms with van der Waals surface area (Å²) in [7, 11) is 0. The monoisotopic (exact) mass is 101 g/mol. The van der Waals surface area contributed by atoms with E-state index in [1.54, 1.807) is 0 Å². The highest BCUT2D eigenvalue weighted by molar-refractivity contribution is 4.61. The molecule has 0 amide bonds. The lowest BCUT2D eigenvalue weighted by molar-refractivity contribution is 0.111. The third kappa shape index (κ3) is 1.12. The van der Waals surface area contributed by atoms with E-state index in [1.165, 1.54) is 6.42 Å². The van der Waals surface area contributed by atoms with Gasteiger partial charge in [-0.15, -0.1) is 0 Å². The number of rotatable bonds is 2. The maximum atomic E-state index is 5.19. The van der Waals surface area contributed by atoms with E-state index in [0.717, 1.165) is 13.1 Å². The topological polar surface area (TPSA) is 41.3 Å². The molecule has 3 heteroatoms. The van der Waals surface area contributed by atoms with Gasteiger partial charge < -0.3 is 5.73 Å². The van der Waals surface area contributed by atoms with Crippen LogP contribution in [0, 0.1) is 0 Å². The van der Waals surface area contributed by atoms with Gasteiger partial charge in [0, 0.05) is 13.1 Å². The average Bonchev–Trinajstić information content (AvgIpc) is 1.55. The molecular formula is C4H11N3. The van der Waals surface area contributed by atoms with Crippen molar-refractivity contribution in [3.63, 3.8) is 0 Å². The van der Waals surface area contributed by atoms with Crippen molar-refractivity contribution in [3.8, 4) is 0 Å². The van der Waals surface area contributed by atoms with Crippen LogP contribution in [-0.2, 0) is 0 Å². The van der Waals surface area contributed by atoms with Crippen molar-refractivity contribution in [2.75, 3.05) is 19.8 Å². The first-order valence-electron chi connectivity index (χ1n) is 2.62. The highest BCUT2D eigenvalue weighted by Crippen LogP contribution is 1.98. The lowest BCUT2D eigenvalue weighted by atomic mass is 10.3. The quantitative estimate of drug-likeness (QED) is 0.443. The first kappa shape index (κ1) is 5.03. The number of hydrogen-bond donors (Lipinski definition) is 2. The van der Waals surface area contributed by atoms with Crippen molar-refractivity contribution >= 4 is 0 Å². The molecule has 1 aliphatic rings. The van der Waals surface area contributed by atoms with Gasteiger partial charge in [0.1, 0.15) is 0 Å². The summed E-state index contributed by atoms with van der Waals surface area (Å²) >= 11 is 0. The summed E-state index contributed by atoms with van der Waals surface area (Å²) in [6.07, 6.45) is 1.31. The van der Waals surface area contributed by atoms with Crippen LogP contribution in [0.1, 0.15) is 6.42 Å². The average molecular weight is 101 g/mol. The van der Waals surface area contributed by atoms with Crippen molar-refractivity contribution in [2.45, 2.75) is 6.42 Å². The highest BCUT2D eigenvalue weighted by Gasteiger charge is 2.10. The van der Waals surface area contributed by atoms with Gasteiger partial charge in [-0.3, -0.25) is 0 Å². The second-order valence-electron chi connectivity index (χ2n) is 1.70. The fourth-order valence-corrected chi connectivity index (χ4v) is 0.603. The maximum Gasteiger partial charge on any atom is 0.0567 e. The number of hydrogen-bond acceptors (Lipinski definition) is 3. The van der Waals surface area contributed by atoms with E-state index >= 15 is 0 Å². The molecule has 0 aromatic heterocycles. The molecular weight excluding hydrogens is 90.1 g/mol. The lowest BCUT2D eigenvalue weighted by Gasteiger charge is -2.30. The highest BCUT2D eigenvalue weighted by atomic mass is 15.5. The van der Waals surface area contributed by atoms with Crippen molar-refractivity contribution in [3.05, 3.63) is 0 Å². The molecule has 7 heavy (non-hydrogen) atoms. The predicted molar refractivity (Wildman–Crippen MR) is 28.4 cm³/mol. The maximum absolute atomic E-state index is 5.19. The van der Waals surface area contributed by atoms with E-state index in [4.69, 9.17) is 5.73 Å². The Kier molecular flexibility index (Phi) is 1.62. The molecule has 0 atom stereocenters. The van der Waals surface area contributed by atoms with Gasteiger partial charge in [-0.2, -0.15) is 0 Å². The van der Waals surface area contributed by atoms with Crippen molar-refractivity contribution < 1.29 is 0 Å². The van der Waals surface area contributed by atoms with Gasteiger partial charge in [0.25, 0.3) is 0 Å². The molecule has 3 nitrogen and oxygen atoms in total. The number of nitrogens with one attached hydrogen (secondary N) is 1. The van der Waals surface area contributed by atoms with Gasteiger partial charge in [-0.05, 0) is 6.42 Å². The largest absolute Gasteiger partial charge is 0.317 e. The van der Waals surface area contributed by atoms with E-state index in [1.807, 2.05) is 0 Å². The Bertz CT molecular complexity index is 50.9. The molecule has 1 rings (SSSR count). The number of nitrogens with two attached hydrogens (primary N) is 1. The molecule has 0 aliphatic carbocycles. The van der Waals surface area contributed by atoms with Crippen LogP contribution in [0.5, 0.6) is 0 Å². The SMILES string of the molecule is NCNN1CCC1. The molecule has 0 spiro atoms. The van der Waals surface area contributed by atoms with Gasteiger partial charge in [0.05, 0.1) is 6.67 Å². The minimum absolute atomic E-state index is 0.569. The predicted octanol–water partition coefficient (Wildman–Crippen LogP) is -0.887. The molecule has 1 aliphatic heterocycles. The van der Waals surface area contributed by atoms with E-state index < -0.39 is 0 Å². The Morgan fingerprint density at radius 3 is 2.43 bits per heavy atom. The van der Waals surface area contributed by atoms with E-state index in [9.17, 15) is 0 Å². The lowest BCUT2D eigenvalue weighted by Crippen LogP contribution is -2.49. The second kappa shape index (κ2) is 2.26. The summed E-state index contributed by atoms with van der Waals surface area (Å²) in [5.74, 6) is 0. The Labute approximate surface area is 43.4 Å². The molecule has 0 unspecified atom stereocenters. The second-order valence-corrected chi connectivity index (χ2v) is 1.70. The van der Waals surface area contributed by atoms with Gasteiger partial charge in [-0.1, -0.05) is 0 Å². The molecule has 0 aromatic carbocycles. The fourth-order valence-electron chi connectivity index (χ4n) is 0.603. The molecule has 0 bridgehead atoms. The Balaban J connectivity index is 1.93. The zero-order valence-corrected chi connectivity index (χ0v) is 4.35. The van der Waals surface area contributed by atoms with Crippen LogP contribution in [-0.4, -0.2) is 24.8 Å². The first-order chi connectivity index (χ1) is 3.43. The van der Waals surface area contributed by atoms with Gasteiger partial charge in [-0.25, -0.2) is 10.4 Å². The minimum Gasteiger partial charge on any atom is -0.317 e. The zero-order chi connectivity index (χ0) is 5.11. The molecule has 1 heterocycles. The molecule has 3 N–H and O–H groups in total. The summed E-state index contributed by atoms with van der Waals surface area (Å²) in [5, 5.41) is 2.11. The van der Waals surface area contributed by atoms with E-state index in [0.29, 0.717) is 6.67 Å². The normalized spacial score (nSPS) is 21.9. The van der Waals surface area contributed by atoms with Crippen molar-refractivity contribution in [2.24, 2.45) is 5.73 Å². The van der Waals surface area contributed by atoms with E-state index in [-0.39, 0.29) is 0 Å². The van der Waals surface area contributed by atoms with Crippen molar-refractivity contribution in [1.29, 1.82) is 0 Å². The molecule has 42 valence electrons. The van der Waals surface area contributed by atoms with Crippen LogP contribution in [0.4, 0.5) is 0 Å². The summed E-state index contributed by atoms with van der Waals surface area (Å²) in [6, 6.07) is 0. The molecule has 0 aromatic rings. The molecule has 0 radical (unpaired) electrons. The number of hydrazine groups is 1. The van der Waals surface area contributed by atoms with Crippen LogP contribution in [0.2, 0.25) is 0 Å². The fraction of sp³-hybridized carbons (Fsp3) is 1.00.